The highest BCUT2D eigenvalue weighted by molar-refractivity contribution is 6.29. The fraction of sp³-hybridized carbons (Fsp3) is 0.333. The van der Waals surface area contributed by atoms with Crippen molar-refractivity contribution in [2.24, 2.45) is 5.41 Å². The van der Waals surface area contributed by atoms with E-state index in [1.807, 2.05) is 39.8 Å². The van der Waals surface area contributed by atoms with Gasteiger partial charge < -0.3 is 20.4 Å². The first-order chi connectivity index (χ1) is 19.8. The first-order valence-corrected chi connectivity index (χ1v) is 13.7. The van der Waals surface area contributed by atoms with Gasteiger partial charge in [-0.15, -0.1) is 0 Å². The van der Waals surface area contributed by atoms with Crippen LogP contribution in [0.3, 0.4) is 0 Å². The van der Waals surface area contributed by atoms with Crippen molar-refractivity contribution in [3.05, 3.63) is 70.8 Å². The number of rotatable bonds is 5. The van der Waals surface area contributed by atoms with Crippen LogP contribution in [0.2, 0.25) is 5.15 Å². The predicted molar refractivity (Wildman–Crippen MR) is 156 cm³/mol. The first kappa shape index (κ1) is 29.0. The second kappa shape index (κ2) is 10.7. The number of amides is 2. The molecule has 0 aliphatic carbocycles. The van der Waals surface area contributed by atoms with Crippen LogP contribution in [0.1, 0.15) is 48.9 Å². The van der Waals surface area contributed by atoms with Gasteiger partial charge in [-0.2, -0.15) is 10.4 Å². The smallest absolute Gasteiger partial charge is 0.407 e. The van der Waals surface area contributed by atoms with Gasteiger partial charge in [-0.1, -0.05) is 44.5 Å². The zero-order chi connectivity index (χ0) is 30.4. The Balaban J connectivity index is 1.54. The molecule has 0 radical (unpaired) electrons. The molecule has 1 saturated heterocycles. The van der Waals surface area contributed by atoms with Crippen LogP contribution < -0.4 is 5.32 Å². The maximum absolute atomic E-state index is 13.4. The van der Waals surface area contributed by atoms with Gasteiger partial charge in [0.15, 0.2) is 5.65 Å². The quantitative estimate of drug-likeness (QED) is 0.287. The number of nitrogens with zero attached hydrogens (tertiary/aromatic N) is 6. The highest BCUT2D eigenvalue weighted by Crippen LogP contribution is 2.40. The molecular weight excluding hydrogens is 558 g/mol. The highest BCUT2D eigenvalue weighted by atomic mass is 35.5. The summed E-state index contributed by atoms with van der Waals surface area (Å²) in [5.41, 5.74) is 2.10. The van der Waals surface area contributed by atoms with Crippen molar-refractivity contribution in [1.29, 1.82) is 5.26 Å². The SMILES string of the molecule is Cc1cc(-c2c(-c3cccc(C#N)c3)nn3ccc(C(=O)NCC4(O)CCN(C(=O)O)C4C(C)(C)C)nc23)cc(Cl)n1. The minimum atomic E-state index is -1.46. The molecule has 2 unspecified atom stereocenters. The number of nitrogens with one attached hydrogen (secondary N) is 1. The van der Waals surface area contributed by atoms with E-state index in [0.29, 0.717) is 39.3 Å². The molecule has 2 amide bonds. The van der Waals surface area contributed by atoms with Crippen molar-refractivity contribution in [3.63, 3.8) is 0 Å². The zero-order valence-electron chi connectivity index (χ0n) is 23.6. The van der Waals surface area contributed by atoms with E-state index < -0.39 is 29.1 Å². The molecule has 1 aromatic carbocycles. The molecule has 3 aromatic heterocycles. The summed E-state index contributed by atoms with van der Waals surface area (Å²) in [7, 11) is 0. The average molecular weight is 588 g/mol. The maximum Gasteiger partial charge on any atom is 0.407 e. The number of halogens is 1. The van der Waals surface area contributed by atoms with Crippen molar-refractivity contribution in [3.8, 4) is 28.5 Å². The summed E-state index contributed by atoms with van der Waals surface area (Å²) >= 11 is 6.31. The Morgan fingerprint density at radius 2 is 1.95 bits per heavy atom. The van der Waals surface area contributed by atoms with Crippen LogP contribution in [-0.4, -0.2) is 71.4 Å². The molecule has 42 heavy (non-hydrogen) atoms. The molecule has 5 rings (SSSR count). The van der Waals surface area contributed by atoms with Gasteiger partial charge in [-0.05, 0) is 54.7 Å². The molecule has 3 N–H and O–H groups in total. The number of likely N-dealkylation sites (tertiary alicyclic amines) is 1. The van der Waals surface area contributed by atoms with Crippen molar-refractivity contribution >= 4 is 29.2 Å². The number of carbonyl (C=O) groups is 2. The number of hydrogen-bond donors (Lipinski definition) is 3. The van der Waals surface area contributed by atoms with Crippen LogP contribution in [0.25, 0.3) is 28.0 Å². The maximum atomic E-state index is 13.4. The number of benzene rings is 1. The van der Waals surface area contributed by atoms with E-state index in [-0.39, 0.29) is 30.4 Å². The van der Waals surface area contributed by atoms with Crippen molar-refractivity contribution < 1.29 is 19.8 Å². The predicted octanol–water partition coefficient (Wildman–Crippen LogP) is 4.55. The Kier molecular flexibility index (Phi) is 7.39. The van der Waals surface area contributed by atoms with E-state index in [2.05, 4.69) is 21.4 Å². The Morgan fingerprint density at radius 1 is 1.19 bits per heavy atom. The first-order valence-electron chi connectivity index (χ1n) is 13.4. The van der Waals surface area contributed by atoms with Crippen LogP contribution in [0.15, 0.2) is 48.7 Å². The van der Waals surface area contributed by atoms with Gasteiger partial charge in [0.25, 0.3) is 5.91 Å². The minimum Gasteiger partial charge on any atom is -0.465 e. The largest absolute Gasteiger partial charge is 0.465 e. The number of carbonyl (C=O) groups excluding carboxylic acids is 1. The van der Waals surface area contributed by atoms with Gasteiger partial charge in [-0.25, -0.2) is 19.3 Å². The van der Waals surface area contributed by atoms with Crippen LogP contribution in [0.4, 0.5) is 4.79 Å². The summed E-state index contributed by atoms with van der Waals surface area (Å²) in [4.78, 5) is 35.3. The molecule has 216 valence electrons. The summed E-state index contributed by atoms with van der Waals surface area (Å²) in [5.74, 6) is -0.531. The normalized spacial score (nSPS) is 18.7. The molecule has 0 saturated carbocycles. The number of nitriles is 1. The summed E-state index contributed by atoms with van der Waals surface area (Å²) < 4.78 is 1.55. The topological polar surface area (TPSA) is 157 Å². The molecule has 4 aromatic rings. The van der Waals surface area contributed by atoms with Gasteiger partial charge >= 0.3 is 6.09 Å². The number of aliphatic hydroxyl groups is 1. The van der Waals surface area contributed by atoms with Crippen LogP contribution in [0.5, 0.6) is 0 Å². The van der Waals surface area contributed by atoms with Crippen molar-refractivity contribution in [2.75, 3.05) is 13.1 Å². The Hall–Kier alpha value is -4.53. The van der Waals surface area contributed by atoms with Gasteiger partial charge in [0, 0.05) is 30.5 Å². The molecule has 0 bridgehead atoms. The lowest BCUT2D eigenvalue weighted by molar-refractivity contribution is -0.0343. The number of fused-ring (bicyclic) bond motifs is 1. The van der Waals surface area contributed by atoms with E-state index in [4.69, 9.17) is 16.7 Å². The number of aryl methyl sites for hydroxylation is 1. The van der Waals surface area contributed by atoms with Gasteiger partial charge in [0.05, 0.1) is 23.2 Å². The van der Waals surface area contributed by atoms with Gasteiger partial charge in [0.2, 0.25) is 0 Å². The van der Waals surface area contributed by atoms with Crippen LogP contribution in [-0.2, 0) is 0 Å². The van der Waals surface area contributed by atoms with Gasteiger partial charge in [-0.3, -0.25) is 4.79 Å². The van der Waals surface area contributed by atoms with E-state index in [9.17, 15) is 25.1 Å². The fourth-order valence-corrected chi connectivity index (χ4v) is 6.14. The molecule has 1 aliphatic rings. The fourth-order valence-electron chi connectivity index (χ4n) is 5.89. The monoisotopic (exact) mass is 587 g/mol. The summed E-state index contributed by atoms with van der Waals surface area (Å²) in [5, 5.41) is 38.4. The minimum absolute atomic E-state index is 0.0850. The van der Waals surface area contributed by atoms with E-state index in [0.717, 1.165) is 0 Å². The second-order valence-corrected chi connectivity index (χ2v) is 12.0. The molecule has 12 heteroatoms. The number of carboxylic acid groups (broad SMARTS) is 1. The van der Waals surface area contributed by atoms with E-state index in [1.54, 1.807) is 35.0 Å². The van der Waals surface area contributed by atoms with Crippen LogP contribution >= 0.6 is 11.6 Å². The standard InChI is InChI=1S/C30H30ClN7O4/c1-17-12-20(14-22(31)34-17)23-24(19-7-5-6-18(13-19)15-32)36-38-10-8-21(35-25(23)38)26(39)33-16-30(42)9-11-37(28(40)41)27(30)29(2,3)4/h5-8,10,12-14,27,42H,9,11,16H2,1-4H3,(H,33,39)(H,40,41). The van der Waals surface area contributed by atoms with E-state index >= 15 is 0 Å². The summed E-state index contributed by atoms with van der Waals surface area (Å²) in [6.45, 7) is 7.41. The second-order valence-electron chi connectivity index (χ2n) is 11.6. The molecular formula is C30H30ClN7O4. The molecule has 2 atom stereocenters. The molecule has 11 nitrogen and oxygen atoms in total. The lowest BCUT2D eigenvalue weighted by Crippen LogP contribution is -2.58. The molecule has 0 spiro atoms. The Labute approximate surface area is 247 Å². The molecule has 4 heterocycles. The molecule has 1 fully saturated rings. The van der Waals surface area contributed by atoms with Gasteiger partial charge in [0.1, 0.15) is 22.1 Å². The molecule has 1 aliphatic heterocycles. The zero-order valence-corrected chi connectivity index (χ0v) is 24.3. The lowest BCUT2D eigenvalue weighted by atomic mass is 9.76. The average Bonchev–Trinajstić information content (AvgIpc) is 3.49. The Morgan fingerprint density at radius 3 is 2.62 bits per heavy atom. The number of hydrogen-bond acceptors (Lipinski definition) is 7. The summed E-state index contributed by atoms with van der Waals surface area (Å²) in [6, 6.07) is 13.5. The van der Waals surface area contributed by atoms with Crippen molar-refractivity contribution in [2.45, 2.75) is 45.8 Å². The van der Waals surface area contributed by atoms with Crippen LogP contribution in [0, 0.1) is 23.7 Å². The third kappa shape index (κ3) is 5.38. The number of pyridine rings is 1. The number of aromatic nitrogens is 4. The van der Waals surface area contributed by atoms with Crippen molar-refractivity contribution in [1.82, 2.24) is 29.8 Å². The summed E-state index contributed by atoms with van der Waals surface area (Å²) in [6.07, 6.45) is 0.691. The third-order valence-electron chi connectivity index (χ3n) is 7.42. The highest BCUT2D eigenvalue weighted by Gasteiger charge is 2.53. The Bertz CT molecular complexity index is 1740. The third-order valence-corrected chi connectivity index (χ3v) is 7.61. The lowest BCUT2D eigenvalue weighted by Gasteiger charge is -2.41. The van der Waals surface area contributed by atoms with E-state index in [1.165, 1.54) is 11.0 Å².